The smallest absolute Gasteiger partial charge is 0.346 e. The molecule has 7 nitrogen and oxygen atoms in total. The molecular weight excluding hydrogens is 1180 g/mol. The van der Waals surface area contributed by atoms with Gasteiger partial charge in [-0.05, 0) is 146 Å². The molecule has 0 aliphatic carbocycles. The van der Waals surface area contributed by atoms with Crippen molar-refractivity contribution in [3.8, 4) is 72.0 Å². The van der Waals surface area contributed by atoms with Crippen LogP contribution >= 0.6 is 68.0 Å². The molecule has 86 heavy (non-hydrogen) atoms. The van der Waals surface area contributed by atoms with Crippen LogP contribution in [0, 0.1) is 22.7 Å². The summed E-state index contributed by atoms with van der Waals surface area (Å²) in [6.07, 6.45) is 32.2. The normalized spacial score (nSPS) is 12.1. The summed E-state index contributed by atoms with van der Waals surface area (Å²) in [5.41, 5.74) is 7.54. The Kier molecular flexibility index (Phi) is 24.1. The molecule has 0 spiro atoms. The van der Waals surface area contributed by atoms with E-state index in [4.69, 9.17) is 0 Å². The van der Waals surface area contributed by atoms with Gasteiger partial charge in [0.05, 0.1) is 11.0 Å². The van der Waals surface area contributed by atoms with Crippen LogP contribution in [0.5, 0.6) is 0 Å². The van der Waals surface area contributed by atoms with Crippen LogP contribution in [0.25, 0.3) is 93.9 Å². The zero-order valence-corrected chi connectivity index (χ0v) is 55.3. The summed E-state index contributed by atoms with van der Waals surface area (Å²) in [5.74, 6) is -2.43. The van der Waals surface area contributed by atoms with Crippen LogP contribution in [0.4, 0.5) is 0 Å². The van der Waals surface area contributed by atoms with E-state index >= 15 is 0 Å². The minimum atomic E-state index is -1.21. The maximum atomic E-state index is 11.6. The van der Waals surface area contributed by atoms with E-state index in [1.807, 2.05) is 59.1 Å². The molecule has 7 aromatic heterocycles. The zero-order chi connectivity index (χ0) is 60.4. The Labute approximate surface area is 533 Å². The van der Waals surface area contributed by atoms with Gasteiger partial charge in [0, 0.05) is 75.3 Å². The predicted octanol–water partition coefficient (Wildman–Crippen LogP) is 24.4. The molecule has 0 saturated heterocycles. The first-order chi connectivity index (χ1) is 42.0. The van der Waals surface area contributed by atoms with Crippen molar-refractivity contribution in [2.75, 3.05) is 0 Å². The largest absolute Gasteiger partial charge is 0.477 e. The van der Waals surface area contributed by atoms with E-state index < -0.39 is 11.9 Å². The third kappa shape index (κ3) is 16.3. The van der Waals surface area contributed by atoms with Crippen molar-refractivity contribution in [3.05, 3.63) is 129 Å². The van der Waals surface area contributed by atoms with E-state index in [-0.39, 0.29) is 11.1 Å². The summed E-state index contributed by atoms with van der Waals surface area (Å²) in [4.78, 5) is 36.8. The van der Waals surface area contributed by atoms with Gasteiger partial charge in [-0.1, -0.05) is 168 Å². The molecule has 13 heteroatoms. The van der Waals surface area contributed by atoms with Gasteiger partial charge in [0.2, 0.25) is 0 Å². The molecule has 0 radical (unpaired) electrons. The first kappa shape index (κ1) is 64.3. The zero-order valence-electron chi connectivity index (χ0n) is 50.4. The summed E-state index contributed by atoms with van der Waals surface area (Å²) in [6, 6.07) is 40.4. The lowest BCUT2D eigenvalue weighted by atomic mass is 9.99. The van der Waals surface area contributed by atoms with E-state index in [1.54, 1.807) is 22.7 Å². The average Bonchev–Trinajstić information content (AvgIpc) is 2.88. The van der Waals surface area contributed by atoms with Crippen molar-refractivity contribution in [1.82, 2.24) is 4.57 Å². The number of thiophene rings is 6. The van der Waals surface area contributed by atoms with E-state index in [1.165, 1.54) is 224 Å². The van der Waals surface area contributed by atoms with Crippen LogP contribution in [0.1, 0.15) is 196 Å². The third-order valence-corrected chi connectivity index (χ3v) is 23.9. The van der Waals surface area contributed by atoms with Crippen LogP contribution in [0.3, 0.4) is 0 Å². The van der Waals surface area contributed by atoms with Gasteiger partial charge in [0.15, 0.2) is 0 Å². The second-order valence-electron chi connectivity index (χ2n) is 22.8. The number of carbonyl (C=O) groups is 2. The molecule has 0 aliphatic heterocycles. The van der Waals surface area contributed by atoms with E-state index in [0.717, 1.165) is 67.8 Å². The average molecular weight is 1260 g/mol. The van der Waals surface area contributed by atoms with Crippen molar-refractivity contribution in [2.45, 2.75) is 188 Å². The Hall–Kier alpha value is -6.16. The van der Waals surface area contributed by atoms with Gasteiger partial charge < -0.3 is 14.8 Å². The van der Waals surface area contributed by atoms with Gasteiger partial charge in [0.1, 0.15) is 23.3 Å². The second kappa shape index (κ2) is 32.2. The highest BCUT2D eigenvalue weighted by Gasteiger charge is 2.24. The number of nitrogens with zero attached hydrogens (tertiary/aromatic N) is 3. The van der Waals surface area contributed by atoms with Crippen LogP contribution in [0.15, 0.2) is 108 Å². The van der Waals surface area contributed by atoms with Crippen LogP contribution < -0.4 is 0 Å². The van der Waals surface area contributed by atoms with Crippen LogP contribution in [-0.4, -0.2) is 26.7 Å². The maximum absolute atomic E-state index is 11.6. The van der Waals surface area contributed by atoms with Crippen LogP contribution in [-0.2, 0) is 22.4 Å². The Morgan fingerprint density at radius 1 is 0.430 bits per heavy atom. The predicted molar refractivity (Wildman–Crippen MR) is 372 cm³/mol. The molecule has 9 rings (SSSR count). The third-order valence-electron chi connectivity index (χ3n) is 16.4. The molecule has 2 aromatic carbocycles. The number of fused-ring (bicyclic) bond motifs is 3. The molecule has 0 unspecified atom stereocenters. The van der Waals surface area contributed by atoms with Crippen LogP contribution in [0.2, 0.25) is 0 Å². The van der Waals surface area contributed by atoms with Crippen molar-refractivity contribution in [2.24, 2.45) is 0 Å². The second-order valence-corrected chi connectivity index (χ2v) is 29.3. The standard InChI is InChI=1S/C73H81N3O4S6/c1-5-9-13-17-19-23-27-55(28-24-20-18-14-10-6-2)76-60-43-51(70-49(25-21-15-11-7-3)45-68(85-70)66-39-37-64(83-66)62-35-31-56(81-62)41-53(47-74)72(77)78)29-33-58(60)59-34-30-52(44-61(59)76)71-50(26-22-16-12-8-4)46-69(86-71)67-40-38-65(84-67)63-36-32-57(82-63)42-54(48-75)73(79)80/h29-46,55H,5-28H2,1-4H3,(H,77,78)(H,79,80)/b53-41+,54-42+. The summed E-state index contributed by atoms with van der Waals surface area (Å²) in [7, 11) is 0. The SMILES string of the molecule is CCCCCCCCC(CCCCCCCC)n1c2cc(-c3sc(-c4ccc(-c5ccc(/C=C(\C#N)C(=O)O)s5)s4)cc3CCCCCC)ccc2c2ccc(-c3sc(-c4ccc(-c5ccc(/C=C(\C#N)C(=O)O)s5)s4)cc3CCCCCC)cc21. The topological polar surface area (TPSA) is 127 Å². The molecule has 0 atom stereocenters. The minimum absolute atomic E-state index is 0.265. The number of aliphatic carboxylic acids is 2. The lowest BCUT2D eigenvalue weighted by Gasteiger charge is -2.22. The summed E-state index contributed by atoms with van der Waals surface area (Å²) in [5, 5.41) is 40.5. The number of nitriles is 2. The first-order valence-electron chi connectivity index (χ1n) is 31.5. The number of unbranched alkanes of at least 4 members (excludes halogenated alkanes) is 16. The minimum Gasteiger partial charge on any atom is -0.477 e. The number of aryl methyl sites for hydroxylation is 2. The van der Waals surface area contributed by atoms with Crippen molar-refractivity contribution >= 4 is 114 Å². The number of carboxylic acids is 2. The first-order valence-corrected chi connectivity index (χ1v) is 36.4. The fourth-order valence-corrected chi connectivity index (χ4v) is 18.5. The van der Waals surface area contributed by atoms with Crippen molar-refractivity contribution in [3.63, 3.8) is 0 Å². The Morgan fingerprint density at radius 2 is 0.779 bits per heavy atom. The molecule has 2 N–H and O–H groups in total. The number of benzene rings is 2. The molecule has 0 saturated carbocycles. The van der Waals surface area contributed by atoms with E-state index in [0.29, 0.717) is 6.04 Å². The van der Waals surface area contributed by atoms with E-state index in [9.17, 15) is 30.3 Å². The molecule has 0 fully saturated rings. The van der Waals surface area contributed by atoms with Gasteiger partial charge in [-0.3, -0.25) is 0 Å². The van der Waals surface area contributed by atoms with Gasteiger partial charge in [-0.25, -0.2) is 9.59 Å². The molecule has 448 valence electrons. The van der Waals surface area contributed by atoms with Gasteiger partial charge >= 0.3 is 11.9 Å². The lowest BCUT2D eigenvalue weighted by molar-refractivity contribution is -0.133. The Morgan fingerprint density at radius 3 is 1.16 bits per heavy atom. The van der Waals surface area contributed by atoms with Gasteiger partial charge in [-0.15, -0.1) is 68.0 Å². The molecular formula is C73H81N3O4S6. The van der Waals surface area contributed by atoms with Gasteiger partial charge in [-0.2, -0.15) is 10.5 Å². The van der Waals surface area contributed by atoms with Crippen molar-refractivity contribution < 1.29 is 19.8 Å². The number of hydrogen-bond acceptors (Lipinski definition) is 10. The molecule has 0 bridgehead atoms. The molecule has 0 aliphatic rings. The fraction of sp³-hybridized carbons (Fsp3) is 0.397. The number of carboxylic acid groups (broad SMARTS) is 2. The maximum Gasteiger partial charge on any atom is 0.346 e. The Balaban J connectivity index is 1.14. The highest BCUT2D eigenvalue weighted by atomic mass is 32.1. The number of hydrogen-bond donors (Lipinski definition) is 2. The van der Waals surface area contributed by atoms with Gasteiger partial charge in [0.25, 0.3) is 0 Å². The number of aromatic nitrogens is 1. The summed E-state index contributed by atoms with van der Waals surface area (Å²) < 4.78 is 2.82. The summed E-state index contributed by atoms with van der Waals surface area (Å²) >= 11 is 10.4. The molecule has 7 heterocycles. The lowest BCUT2D eigenvalue weighted by Crippen LogP contribution is -2.09. The van der Waals surface area contributed by atoms with E-state index in [2.05, 4.69) is 105 Å². The monoisotopic (exact) mass is 1260 g/mol. The summed E-state index contributed by atoms with van der Waals surface area (Å²) in [6.45, 7) is 9.17. The van der Waals surface area contributed by atoms with Crippen molar-refractivity contribution in [1.29, 1.82) is 10.5 Å². The quantitative estimate of drug-likeness (QED) is 0.0231. The highest BCUT2D eigenvalue weighted by molar-refractivity contribution is 7.28. The fourth-order valence-electron chi connectivity index (χ4n) is 11.8. The molecule has 0 amide bonds. The molecule has 9 aromatic rings. The Bertz CT molecular complexity index is 3620. The number of rotatable bonds is 35. The highest BCUT2D eigenvalue weighted by Crippen LogP contribution is 2.49.